The largest absolute Gasteiger partial charge is 0.481 e. The lowest BCUT2D eigenvalue weighted by atomic mass is 10.2. The van der Waals surface area contributed by atoms with Gasteiger partial charge in [-0.1, -0.05) is 18.2 Å². The van der Waals surface area contributed by atoms with Crippen LogP contribution in [0.4, 0.5) is 14.9 Å². The van der Waals surface area contributed by atoms with E-state index in [1.54, 1.807) is 12.1 Å². The van der Waals surface area contributed by atoms with E-state index in [9.17, 15) is 23.6 Å². The number of rotatable bonds is 7. The lowest BCUT2D eigenvalue weighted by Crippen LogP contribution is -2.38. The van der Waals surface area contributed by atoms with Crippen molar-refractivity contribution in [3.63, 3.8) is 0 Å². The lowest BCUT2D eigenvalue weighted by Gasteiger charge is -2.12. The topological polar surface area (TPSA) is 125 Å². The van der Waals surface area contributed by atoms with Gasteiger partial charge in [0.15, 0.2) is 6.61 Å². The highest BCUT2D eigenvalue weighted by atomic mass is 79.9. The summed E-state index contributed by atoms with van der Waals surface area (Å²) in [5.74, 6) is -2.95. The average molecular weight is 492 g/mol. The van der Waals surface area contributed by atoms with Gasteiger partial charge in [0.1, 0.15) is 23.8 Å². The quantitative estimate of drug-likeness (QED) is 0.403. The number of carbonyl (C=O) groups excluding carboxylic acids is 3. The van der Waals surface area contributed by atoms with Gasteiger partial charge in [-0.3, -0.25) is 9.59 Å². The molecule has 0 spiro atoms. The number of hydrogen-bond donors (Lipinski definition) is 3. The van der Waals surface area contributed by atoms with Crippen LogP contribution < -0.4 is 15.4 Å². The Bertz CT molecular complexity index is 1100. The molecule has 2 aromatic carbocycles. The zero-order valence-electron chi connectivity index (χ0n) is 15.7. The summed E-state index contributed by atoms with van der Waals surface area (Å²) in [7, 11) is 0. The summed E-state index contributed by atoms with van der Waals surface area (Å²) in [6, 6.07) is 9.35. The minimum absolute atomic E-state index is 0.0604. The number of urea groups is 1. The number of imide groups is 1. The minimum Gasteiger partial charge on any atom is -0.481 e. The minimum atomic E-state index is -1.13. The van der Waals surface area contributed by atoms with Crippen molar-refractivity contribution in [2.45, 2.75) is 0 Å². The molecular weight excluding hydrogens is 477 g/mol. The number of benzene rings is 2. The van der Waals surface area contributed by atoms with Crippen molar-refractivity contribution in [3.05, 3.63) is 64.0 Å². The van der Waals surface area contributed by atoms with Crippen LogP contribution in [0.25, 0.3) is 6.08 Å². The first-order valence-electron chi connectivity index (χ1n) is 8.77. The summed E-state index contributed by atoms with van der Waals surface area (Å²) < 4.78 is 19.2. The van der Waals surface area contributed by atoms with Crippen LogP contribution in [-0.2, 0) is 14.4 Å². The molecule has 0 aliphatic carbocycles. The Morgan fingerprint density at radius 3 is 2.65 bits per heavy atom. The molecule has 160 valence electrons. The Balaban J connectivity index is 1.68. The van der Waals surface area contributed by atoms with Gasteiger partial charge < -0.3 is 20.5 Å². The van der Waals surface area contributed by atoms with Gasteiger partial charge in [0.2, 0.25) is 5.91 Å². The smallest absolute Gasteiger partial charge is 0.341 e. The summed E-state index contributed by atoms with van der Waals surface area (Å²) in [4.78, 5) is 48.1. The van der Waals surface area contributed by atoms with Crippen LogP contribution in [0.2, 0.25) is 0 Å². The first-order chi connectivity index (χ1) is 14.7. The van der Waals surface area contributed by atoms with Gasteiger partial charge >= 0.3 is 12.0 Å². The van der Waals surface area contributed by atoms with Crippen LogP contribution >= 0.6 is 15.9 Å². The molecule has 0 aromatic heterocycles. The van der Waals surface area contributed by atoms with E-state index in [1.165, 1.54) is 36.4 Å². The molecule has 31 heavy (non-hydrogen) atoms. The summed E-state index contributed by atoms with van der Waals surface area (Å²) in [6.45, 7) is -1.11. The van der Waals surface area contributed by atoms with Crippen molar-refractivity contribution >= 4 is 51.5 Å². The van der Waals surface area contributed by atoms with Gasteiger partial charge in [-0.25, -0.2) is 18.9 Å². The average Bonchev–Trinajstić information content (AvgIpc) is 2.96. The molecule has 9 nitrogen and oxygen atoms in total. The number of hydrogen-bond acceptors (Lipinski definition) is 5. The van der Waals surface area contributed by atoms with E-state index in [-0.39, 0.29) is 17.1 Å². The van der Waals surface area contributed by atoms with E-state index in [4.69, 9.17) is 9.84 Å². The third-order valence-corrected chi connectivity index (χ3v) is 4.65. The SMILES string of the molecule is O=C(O)COc1ccc(/C=C2/NC(=O)N(CC(=O)Nc3ccccc3F)C2=O)cc1Br. The van der Waals surface area contributed by atoms with Gasteiger partial charge in [-0.15, -0.1) is 0 Å². The number of carbonyl (C=O) groups is 4. The summed E-state index contributed by atoms with van der Waals surface area (Å²) in [6.07, 6.45) is 1.39. The monoisotopic (exact) mass is 491 g/mol. The Morgan fingerprint density at radius 1 is 1.23 bits per heavy atom. The second kappa shape index (κ2) is 9.39. The number of anilines is 1. The number of aliphatic carboxylic acids is 1. The van der Waals surface area contributed by atoms with Crippen LogP contribution in [0.5, 0.6) is 5.75 Å². The Kier molecular flexibility index (Phi) is 6.65. The maximum Gasteiger partial charge on any atom is 0.341 e. The highest BCUT2D eigenvalue weighted by Crippen LogP contribution is 2.27. The number of carboxylic acid groups (broad SMARTS) is 1. The molecule has 0 atom stereocenters. The van der Waals surface area contributed by atoms with Crippen molar-refractivity contribution < 1.29 is 33.4 Å². The highest BCUT2D eigenvalue weighted by Gasteiger charge is 2.35. The number of ether oxygens (including phenoxy) is 1. The number of para-hydroxylation sites is 1. The summed E-state index contributed by atoms with van der Waals surface area (Å²) >= 11 is 3.24. The zero-order valence-corrected chi connectivity index (χ0v) is 17.3. The predicted octanol–water partition coefficient (Wildman–Crippen LogP) is 2.58. The maximum atomic E-state index is 13.6. The van der Waals surface area contributed by atoms with E-state index >= 15 is 0 Å². The maximum absolute atomic E-state index is 13.6. The Hall–Kier alpha value is -3.73. The van der Waals surface area contributed by atoms with E-state index in [1.807, 2.05) is 0 Å². The first-order valence-corrected chi connectivity index (χ1v) is 9.57. The Labute approximate surface area is 183 Å². The fourth-order valence-electron chi connectivity index (χ4n) is 2.64. The van der Waals surface area contributed by atoms with E-state index in [2.05, 4.69) is 26.6 Å². The lowest BCUT2D eigenvalue weighted by molar-refractivity contribution is -0.139. The van der Waals surface area contributed by atoms with E-state index in [0.717, 1.165) is 0 Å². The highest BCUT2D eigenvalue weighted by molar-refractivity contribution is 9.10. The van der Waals surface area contributed by atoms with Crippen molar-refractivity contribution in [3.8, 4) is 5.75 Å². The number of nitrogens with zero attached hydrogens (tertiary/aromatic N) is 1. The number of carboxylic acids is 1. The molecule has 1 aliphatic heterocycles. The number of halogens is 2. The predicted molar refractivity (Wildman–Crippen MR) is 111 cm³/mol. The Morgan fingerprint density at radius 2 is 1.97 bits per heavy atom. The van der Waals surface area contributed by atoms with E-state index in [0.29, 0.717) is 14.9 Å². The van der Waals surface area contributed by atoms with Gasteiger partial charge in [-0.2, -0.15) is 0 Å². The molecule has 3 N–H and O–H groups in total. The van der Waals surface area contributed by atoms with Gasteiger partial charge in [0.05, 0.1) is 10.2 Å². The molecule has 0 bridgehead atoms. The van der Waals surface area contributed by atoms with Crippen LogP contribution in [0.1, 0.15) is 5.56 Å². The van der Waals surface area contributed by atoms with Crippen LogP contribution in [0.15, 0.2) is 52.6 Å². The first kappa shape index (κ1) is 22.0. The number of amides is 4. The van der Waals surface area contributed by atoms with Crippen molar-refractivity contribution in [1.82, 2.24) is 10.2 Å². The fraction of sp³-hybridized carbons (Fsp3) is 0.100. The standard InChI is InChI=1S/C20H15BrFN3O6/c21-12-7-11(5-6-16(12)31-10-18(27)28)8-15-19(29)25(20(30)24-15)9-17(26)23-14-4-2-1-3-13(14)22/h1-8H,9-10H2,(H,23,26)(H,24,30)(H,27,28)/b15-8+. The molecule has 1 heterocycles. The molecule has 1 fully saturated rings. The molecule has 1 aliphatic rings. The molecule has 1 saturated heterocycles. The molecule has 0 radical (unpaired) electrons. The summed E-state index contributed by atoms with van der Waals surface area (Å²) in [5, 5.41) is 13.4. The third kappa shape index (κ3) is 5.45. The molecule has 0 unspecified atom stereocenters. The zero-order chi connectivity index (χ0) is 22.5. The van der Waals surface area contributed by atoms with Gasteiger partial charge in [0.25, 0.3) is 5.91 Å². The van der Waals surface area contributed by atoms with Crippen molar-refractivity contribution in [1.29, 1.82) is 0 Å². The third-order valence-electron chi connectivity index (χ3n) is 4.03. The van der Waals surface area contributed by atoms with Crippen LogP contribution in [0, 0.1) is 5.82 Å². The molecule has 2 aromatic rings. The fourth-order valence-corrected chi connectivity index (χ4v) is 3.15. The molecular formula is C20H15BrFN3O6. The summed E-state index contributed by atoms with van der Waals surface area (Å²) in [5.41, 5.74) is 0.385. The van der Waals surface area contributed by atoms with Gasteiger partial charge in [-0.05, 0) is 51.8 Å². The molecule has 3 rings (SSSR count). The molecule has 0 saturated carbocycles. The van der Waals surface area contributed by atoms with Crippen molar-refractivity contribution in [2.75, 3.05) is 18.5 Å². The molecule has 4 amide bonds. The van der Waals surface area contributed by atoms with Crippen LogP contribution in [0.3, 0.4) is 0 Å². The van der Waals surface area contributed by atoms with Crippen molar-refractivity contribution in [2.24, 2.45) is 0 Å². The second-order valence-corrected chi connectivity index (χ2v) is 7.13. The normalized spacial score (nSPS) is 14.5. The number of nitrogens with one attached hydrogen (secondary N) is 2. The van der Waals surface area contributed by atoms with Gasteiger partial charge in [0, 0.05) is 0 Å². The van der Waals surface area contributed by atoms with Crippen LogP contribution in [-0.4, -0.2) is 47.0 Å². The second-order valence-electron chi connectivity index (χ2n) is 6.28. The van der Waals surface area contributed by atoms with E-state index < -0.39 is 42.8 Å². The molecule has 11 heteroatoms.